The third-order valence-electron chi connectivity index (χ3n) is 5.34. The molecule has 2 heterocycles. The highest BCUT2D eigenvalue weighted by atomic mass is 79.9. The second kappa shape index (κ2) is 7.69. The third-order valence-corrected chi connectivity index (χ3v) is 5.34. The van der Waals surface area contributed by atoms with Gasteiger partial charge in [-0.2, -0.15) is 0 Å². The van der Waals surface area contributed by atoms with Gasteiger partial charge < -0.3 is 27.1 Å². The lowest BCUT2D eigenvalue weighted by molar-refractivity contribution is -0.696. The number of H-pyrrole nitrogens is 1. The Morgan fingerprint density at radius 2 is 1.81 bits per heavy atom. The minimum atomic E-state index is -0.721. The normalized spacial score (nSPS) is 11.2. The van der Waals surface area contributed by atoms with E-state index in [1.807, 2.05) is 0 Å². The summed E-state index contributed by atoms with van der Waals surface area (Å²) in [5, 5.41) is 13.9. The molecule has 0 fully saturated rings. The molecule has 2 aromatic heterocycles. The SMILES string of the molecule is Cc1c2cc[n+](CCCCC(=O)O)cc2c(C)c2c1[nH]c1ccccc12.[Br-]. The van der Waals surface area contributed by atoms with Crippen molar-refractivity contribution in [3.63, 3.8) is 0 Å². The summed E-state index contributed by atoms with van der Waals surface area (Å²) in [5.74, 6) is -0.721. The molecule has 0 aliphatic heterocycles. The molecule has 4 nitrogen and oxygen atoms in total. The van der Waals surface area contributed by atoms with Crippen LogP contribution in [-0.4, -0.2) is 16.1 Å². The topological polar surface area (TPSA) is 57.0 Å². The summed E-state index contributed by atoms with van der Waals surface area (Å²) in [4.78, 5) is 14.2. The van der Waals surface area contributed by atoms with Crippen molar-refractivity contribution in [3.05, 3.63) is 53.9 Å². The molecular weight excluding hydrogens is 404 g/mol. The Morgan fingerprint density at radius 3 is 2.59 bits per heavy atom. The number of hydrogen-bond donors (Lipinski definition) is 2. The molecule has 0 radical (unpaired) electrons. The average molecular weight is 427 g/mol. The number of hydrogen-bond acceptors (Lipinski definition) is 1. The number of unbranched alkanes of at least 4 members (excludes halogenated alkanes) is 1. The van der Waals surface area contributed by atoms with Crippen molar-refractivity contribution in [1.29, 1.82) is 0 Å². The molecule has 2 N–H and O–H groups in total. The Bertz CT molecular complexity index is 1150. The van der Waals surface area contributed by atoms with Crippen LogP contribution in [-0.2, 0) is 11.3 Å². The predicted molar refractivity (Wildman–Crippen MR) is 104 cm³/mol. The summed E-state index contributed by atoms with van der Waals surface area (Å²) >= 11 is 0. The van der Waals surface area contributed by atoms with Crippen LogP contribution in [0.15, 0.2) is 42.7 Å². The molecule has 0 bridgehead atoms. The standard InChI is InChI=1S/C22H22N2O2.BrH/c1-14-18-13-24(11-6-5-9-20(25)26)12-10-16(18)15(2)22-21(14)17-7-3-4-8-19(17)23-22;/h3-4,7-8,10,12-13H,5-6,9,11H2,1-2H3,(H,25,26);1H. The number of aliphatic carboxylic acids is 1. The maximum Gasteiger partial charge on any atom is 0.303 e. The van der Waals surface area contributed by atoms with Crippen LogP contribution in [0.5, 0.6) is 0 Å². The summed E-state index contributed by atoms with van der Waals surface area (Å²) in [7, 11) is 0. The Hall–Kier alpha value is -2.40. The van der Waals surface area contributed by atoms with E-state index in [0.29, 0.717) is 6.42 Å². The number of carboxylic acids is 1. The third kappa shape index (κ3) is 3.44. The summed E-state index contributed by atoms with van der Waals surface area (Å²) < 4.78 is 2.18. The van der Waals surface area contributed by atoms with Crippen LogP contribution in [0.3, 0.4) is 0 Å². The maximum atomic E-state index is 10.7. The van der Waals surface area contributed by atoms with Gasteiger partial charge in [0.15, 0.2) is 12.4 Å². The van der Waals surface area contributed by atoms with Gasteiger partial charge in [0.05, 0.1) is 5.52 Å². The van der Waals surface area contributed by atoms with Gasteiger partial charge in [0, 0.05) is 40.6 Å². The second-order valence-electron chi connectivity index (χ2n) is 7.03. The zero-order chi connectivity index (χ0) is 18.3. The lowest BCUT2D eigenvalue weighted by Gasteiger charge is -2.08. The Balaban J connectivity index is 0.00000210. The minimum Gasteiger partial charge on any atom is -1.00 e. The molecule has 0 saturated heterocycles. The molecule has 0 atom stereocenters. The van der Waals surface area contributed by atoms with E-state index in [0.717, 1.165) is 13.0 Å². The number of aromatic amines is 1. The molecule has 0 amide bonds. The lowest BCUT2D eigenvalue weighted by Crippen LogP contribution is -3.00. The number of para-hydroxylation sites is 1. The van der Waals surface area contributed by atoms with E-state index in [1.54, 1.807) is 0 Å². The fraction of sp³-hybridized carbons (Fsp3) is 0.273. The number of halogens is 1. The number of aryl methyl sites for hydroxylation is 3. The number of fused-ring (bicyclic) bond motifs is 4. The van der Waals surface area contributed by atoms with E-state index in [4.69, 9.17) is 5.11 Å². The van der Waals surface area contributed by atoms with Crippen molar-refractivity contribution < 1.29 is 31.4 Å². The van der Waals surface area contributed by atoms with Gasteiger partial charge in [-0.3, -0.25) is 4.79 Å². The number of nitrogens with one attached hydrogen (secondary N) is 1. The number of benzene rings is 2. The molecule has 27 heavy (non-hydrogen) atoms. The molecule has 0 saturated carbocycles. The van der Waals surface area contributed by atoms with Gasteiger partial charge in [-0.1, -0.05) is 18.2 Å². The van der Waals surface area contributed by atoms with Gasteiger partial charge in [0.1, 0.15) is 6.54 Å². The predicted octanol–water partition coefficient (Wildman–Crippen LogP) is 1.64. The number of nitrogens with zero attached hydrogens (tertiary/aromatic N) is 1. The highest BCUT2D eigenvalue weighted by Crippen LogP contribution is 2.35. The maximum absolute atomic E-state index is 10.7. The number of aromatic nitrogens is 2. The molecule has 0 unspecified atom stereocenters. The molecule has 4 aromatic rings. The Kier molecular flexibility index (Phi) is 5.51. The first kappa shape index (κ1) is 19.4. The van der Waals surface area contributed by atoms with Crippen LogP contribution in [0.1, 0.15) is 30.4 Å². The van der Waals surface area contributed by atoms with Crippen molar-refractivity contribution in [2.24, 2.45) is 0 Å². The van der Waals surface area contributed by atoms with Crippen molar-refractivity contribution in [2.75, 3.05) is 0 Å². The van der Waals surface area contributed by atoms with Gasteiger partial charge >= 0.3 is 5.97 Å². The fourth-order valence-electron chi connectivity index (χ4n) is 3.96. The summed E-state index contributed by atoms with van der Waals surface area (Å²) in [6.45, 7) is 5.21. The number of carbonyl (C=O) groups is 1. The Labute approximate surface area is 168 Å². The van der Waals surface area contributed by atoms with Crippen LogP contribution in [0.2, 0.25) is 0 Å². The smallest absolute Gasteiger partial charge is 0.303 e. The highest BCUT2D eigenvalue weighted by Gasteiger charge is 2.16. The molecule has 4 rings (SSSR count). The number of rotatable bonds is 5. The molecule has 5 heteroatoms. The van der Waals surface area contributed by atoms with E-state index in [1.165, 1.54) is 43.7 Å². The van der Waals surface area contributed by atoms with Crippen molar-refractivity contribution in [1.82, 2.24) is 4.98 Å². The first-order chi connectivity index (χ1) is 12.6. The fourth-order valence-corrected chi connectivity index (χ4v) is 3.96. The molecule has 0 aliphatic carbocycles. The second-order valence-corrected chi connectivity index (χ2v) is 7.03. The largest absolute Gasteiger partial charge is 1.00 e. The summed E-state index contributed by atoms with van der Waals surface area (Å²) in [6, 6.07) is 10.6. The minimum absolute atomic E-state index is 0. The molecule has 0 spiro atoms. The van der Waals surface area contributed by atoms with Gasteiger partial charge in [-0.25, -0.2) is 4.57 Å². The lowest BCUT2D eigenvalue weighted by atomic mass is 9.97. The molecule has 140 valence electrons. The molecule has 2 aromatic carbocycles. The van der Waals surface area contributed by atoms with Crippen LogP contribution in [0.4, 0.5) is 0 Å². The van der Waals surface area contributed by atoms with Gasteiger partial charge in [-0.05, 0) is 42.8 Å². The van der Waals surface area contributed by atoms with E-state index in [9.17, 15) is 4.79 Å². The first-order valence-corrected chi connectivity index (χ1v) is 9.10. The van der Waals surface area contributed by atoms with Crippen molar-refractivity contribution in [3.8, 4) is 0 Å². The number of pyridine rings is 1. The summed E-state index contributed by atoms with van der Waals surface area (Å²) in [6.07, 6.45) is 6.13. The monoisotopic (exact) mass is 426 g/mol. The van der Waals surface area contributed by atoms with Crippen LogP contribution < -0.4 is 21.5 Å². The van der Waals surface area contributed by atoms with Crippen LogP contribution in [0.25, 0.3) is 32.6 Å². The van der Waals surface area contributed by atoms with Crippen LogP contribution >= 0.6 is 0 Å². The zero-order valence-electron chi connectivity index (χ0n) is 15.6. The highest BCUT2D eigenvalue weighted by molar-refractivity contribution is 6.16. The first-order valence-electron chi connectivity index (χ1n) is 9.10. The van der Waals surface area contributed by atoms with Crippen molar-refractivity contribution in [2.45, 2.75) is 39.7 Å². The van der Waals surface area contributed by atoms with Gasteiger partial charge in [-0.15, -0.1) is 0 Å². The van der Waals surface area contributed by atoms with E-state index >= 15 is 0 Å². The molecule has 0 aliphatic rings. The molecular formula is C22H23BrN2O2. The van der Waals surface area contributed by atoms with E-state index < -0.39 is 5.97 Å². The van der Waals surface area contributed by atoms with Crippen molar-refractivity contribution >= 4 is 38.5 Å². The quantitative estimate of drug-likeness (QED) is 0.376. The van der Waals surface area contributed by atoms with E-state index in [-0.39, 0.29) is 23.4 Å². The van der Waals surface area contributed by atoms with Crippen LogP contribution in [0, 0.1) is 13.8 Å². The number of carboxylic acid groups (broad SMARTS) is 1. The zero-order valence-corrected chi connectivity index (χ0v) is 17.1. The average Bonchev–Trinajstić information content (AvgIpc) is 3.03. The van der Waals surface area contributed by atoms with Gasteiger partial charge in [0.25, 0.3) is 0 Å². The summed E-state index contributed by atoms with van der Waals surface area (Å²) in [5.41, 5.74) is 4.95. The van der Waals surface area contributed by atoms with E-state index in [2.05, 4.69) is 66.1 Å². The van der Waals surface area contributed by atoms with Gasteiger partial charge in [0.2, 0.25) is 0 Å². The Morgan fingerprint density at radius 1 is 1.04 bits per heavy atom.